The Bertz CT molecular complexity index is 882. The molecule has 1 aliphatic rings. The molecule has 29 heavy (non-hydrogen) atoms. The molecule has 154 valence electrons. The van der Waals surface area contributed by atoms with E-state index < -0.39 is 0 Å². The Morgan fingerprint density at radius 1 is 1.41 bits per heavy atom. The fourth-order valence-electron chi connectivity index (χ4n) is 3.49. The SMILES string of the molecule is C=CCN(CC(=O)N1CCc2sccc2C1COc1cccc(F)c1)C(=O)CC. The van der Waals surface area contributed by atoms with Gasteiger partial charge >= 0.3 is 0 Å². The van der Waals surface area contributed by atoms with E-state index in [1.807, 2.05) is 11.4 Å². The quantitative estimate of drug-likeness (QED) is 0.615. The lowest BCUT2D eigenvalue weighted by molar-refractivity contribution is -0.142. The molecule has 0 fully saturated rings. The van der Waals surface area contributed by atoms with E-state index in [9.17, 15) is 14.0 Å². The number of amides is 2. The topological polar surface area (TPSA) is 49.9 Å². The van der Waals surface area contributed by atoms with E-state index in [0.29, 0.717) is 25.3 Å². The number of hydrogen-bond donors (Lipinski definition) is 0. The van der Waals surface area contributed by atoms with Gasteiger partial charge in [0, 0.05) is 30.5 Å². The Balaban J connectivity index is 1.77. The minimum atomic E-state index is -0.367. The van der Waals surface area contributed by atoms with Crippen molar-refractivity contribution in [2.24, 2.45) is 0 Å². The van der Waals surface area contributed by atoms with E-state index in [1.165, 1.54) is 21.9 Å². The van der Waals surface area contributed by atoms with Crippen LogP contribution in [0, 0.1) is 5.82 Å². The average Bonchev–Trinajstić information content (AvgIpc) is 3.20. The zero-order chi connectivity index (χ0) is 20.8. The van der Waals surface area contributed by atoms with Crippen molar-refractivity contribution in [1.82, 2.24) is 9.80 Å². The summed E-state index contributed by atoms with van der Waals surface area (Å²) in [4.78, 5) is 29.8. The summed E-state index contributed by atoms with van der Waals surface area (Å²) in [5, 5.41) is 2.01. The predicted molar refractivity (Wildman–Crippen MR) is 111 cm³/mol. The van der Waals surface area contributed by atoms with Crippen molar-refractivity contribution < 1.29 is 18.7 Å². The van der Waals surface area contributed by atoms with Crippen molar-refractivity contribution in [3.8, 4) is 5.75 Å². The smallest absolute Gasteiger partial charge is 0.242 e. The van der Waals surface area contributed by atoms with E-state index in [1.54, 1.807) is 41.4 Å². The van der Waals surface area contributed by atoms with Crippen molar-refractivity contribution in [3.63, 3.8) is 0 Å². The average molecular weight is 417 g/mol. The van der Waals surface area contributed by atoms with Gasteiger partial charge in [-0.3, -0.25) is 9.59 Å². The summed E-state index contributed by atoms with van der Waals surface area (Å²) >= 11 is 1.67. The lowest BCUT2D eigenvalue weighted by Crippen LogP contribution is -2.47. The molecule has 3 rings (SSSR count). The van der Waals surface area contributed by atoms with Crippen LogP contribution in [0.5, 0.6) is 5.75 Å². The standard InChI is InChI=1S/C22H25FN2O3S/c1-3-10-24(21(26)4-2)14-22(27)25-11-8-20-18(9-12-29-20)19(25)15-28-17-7-5-6-16(23)13-17/h3,5-7,9,12-13,19H,1,4,8,10-11,14-15H2,2H3. The third-order valence-electron chi connectivity index (χ3n) is 4.95. The Morgan fingerprint density at radius 3 is 2.97 bits per heavy atom. The minimum absolute atomic E-state index is 0.00856. The molecule has 5 nitrogen and oxygen atoms in total. The van der Waals surface area contributed by atoms with Crippen LogP contribution >= 0.6 is 11.3 Å². The zero-order valence-electron chi connectivity index (χ0n) is 16.5. The largest absolute Gasteiger partial charge is 0.491 e. The molecule has 0 saturated carbocycles. The fraction of sp³-hybridized carbons (Fsp3) is 0.364. The number of nitrogens with zero attached hydrogens (tertiary/aromatic N) is 2. The molecular weight excluding hydrogens is 391 g/mol. The summed E-state index contributed by atoms with van der Waals surface area (Å²) in [6.07, 6.45) is 2.73. The first kappa shape index (κ1) is 21.0. The molecule has 1 aromatic heterocycles. The molecule has 0 N–H and O–H groups in total. The van der Waals surface area contributed by atoms with Crippen molar-refractivity contribution in [2.45, 2.75) is 25.8 Å². The highest BCUT2D eigenvalue weighted by atomic mass is 32.1. The molecule has 1 unspecified atom stereocenters. The van der Waals surface area contributed by atoms with Gasteiger partial charge in [-0.15, -0.1) is 17.9 Å². The van der Waals surface area contributed by atoms with Crippen LogP contribution in [0.3, 0.4) is 0 Å². The number of carbonyl (C=O) groups excluding carboxylic acids is 2. The molecule has 0 spiro atoms. The van der Waals surface area contributed by atoms with Crippen LogP contribution in [-0.2, 0) is 16.0 Å². The van der Waals surface area contributed by atoms with Gasteiger partial charge in [0.05, 0.1) is 6.04 Å². The molecule has 0 aliphatic carbocycles. The third-order valence-corrected chi connectivity index (χ3v) is 5.95. The lowest BCUT2D eigenvalue weighted by atomic mass is 10.0. The Labute approximate surface area is 174 Å². The summed E-state index contributed by atoms with van der Waals surface area (Å²) in [7, 11) is 0. The first-order valence-electron chi connectivity index (χ1n) is 9.66. The molecule has 0 saturated heterocycles. The van der Waals surface area contributed by atoms with Crippen LogP contribution < -0.4 is 4.74 Å². The number of benzene rings is 1. The molecule has 2 heterocycles. The van der Waals surface area contributed by atoms with Gasteiger partial charge in [0.25, 0.3) is 0 Å². The second-order valence-corrected chi connectivity index (χ2v) is 7.84. The van der Waals surface area contributed by atoms with E-state index in [-0.39, 0.29) is 36.8 Å². The normalized spacial score (nSPS) is 15.5. The predicted octanol–water partition coefficient (Wildman–Crippen LogP) is 3.82. The van der Waals surface area contributed by atoms with E-state index in [0.717, 1.165) is 12.0 Å². The van der Waals surface area contributed by atoms with Crippen LogP contribution in [0.15, 0.2) is 48.4 Å². The molecule has 0 bridgehead atoms. The van der Waals surface area contributed by atoms with Gasteiger partial charge in [-0.1, -0.05) is 19.1 Å². The summed E-state index contributed by atoms with van der Waals surface area (Å²) in [5.74, 6) is -0.153. The summed E-state index contributed by atoms with van der Waals surface area (Å²) < 4.78 is 19.3. The van der Waals surface area contributed by atoms with Crippen molar-refractivity contribution in [2.75, 3.05) is 26.2 Å². The van der Waals surface area contributed by atoms with Gasteiger partial charge in [0.1, 0.15) is 24.7 Å². The molecule has 1 atom stereocenters. The van der Waals surface area contributed by atoms with Crippen LogP contribution in [0.2, 0.25) is 0 Å². The van der Waals surface area contributed by atoms with E-state index >= 15 is 0 Å². The van der Waals surface area contributed by atoms with Crippen LogP contribution in [0.1, 0.15) is 29.8 Å². The second-order valence-electron chi connectivity index (χ2n) is 6.84. The Hall–Kier alpha value is -2.67. The number of rotatable bonds is 8. The Kier molecular flexibility index (Phi) is 7.04. The maximum absolute atomic E-state index is 13.5. The van der Waals surface area contributed by atoms with Gasteiger partial charge in [0.2, 0.25) is 11.8 Å². The highest BCUT2D eigenvalue weighted by Gasteiger charge is 2.33. The van der Waals surface area contributed by atoms with Crippen LogP contribution in [0.25, 0.3) is 0 Å². The summed E-state index contributed by atoms with van der Waals surface area (Å²) in [5.41, 5.74) is 1.06. The monoisotopic (exact) mass is 416 g/mol. The molecule has 2 amide bonds. The van der Waals surface area contributed by atoms with Gasteiger partial charge < -0.3 is 14.5 Å². The van der Waals surface area contributed by atoms with E-state index in [4.69, 9.17) is 4.74 Å². The van der Waals surface area contributed by atoms with Crippen LogP contribution in [0.4, 0.5) is 4.39 Å². The first-order chi connectivity index (χ1) is 14.0. The number of fused-ring (bicyclic) bond motifs is 1. The number of halogens is 1. The zero-order valence-corrected chi connectivity index (χ0v) is 17.3. The van der Waals surface area contributed by atoms with Gasteiger partial charge in [0.15, 0.2) is 0 Å². The van der Waals surface area contributed by atoms with Gasteiger partial charge in [-0.25, -0.2) is 4.39 Å². The van der Waals surface area contributed by atoms with E-state index in [2.05, 4.69) is 6.58 Å². The number of ether oxygens (including phenoxy) is 1. The minimum Gasteiger partial charge on any atom is -0.491 e. The molecule has 1 aromatic carbocycles. The molecular formula is C22H25FN2O3S. The second kappa shape index (κ2) is 9.69. The maximum atomic E-state index is 13.5. The Morgan fingerprint density at radius 2 is 2.24 bits per heavy atom. The summed E-state index contributed by atoms with van der Waals surface area (Å²) in [6, 6.07) is 7.71. The highest BCUT2D eigenvalue weighted by molar-refractivity contribution is 7.10. The fourth-order valence-corrected chi connectivity index (χ4v) is 4.42. The van der Waals surface area contributed by atoms with Crippen molar-refractivity contribution in [1.29, 1.82) is 0 Å². The van der Waals surface area contributed by atoms with Crippen molar-refractivity contribution in [3.05, 3.63) is 64.6 Å². The van der Waals surface area contributed by atoms with Gasteiger partial charge in [-0.2, -0.15) is 0 Å². The summed E-state index contributed by atoms with van der Waals surface area (Å²) in [6.45, 7) is 6.58. The molecule has 0 radical (unpaired) electrons. The van der Waals surface area contributed by atoms with Crippen molar-refractivity contribution >= 4 is 23.2 Å². The number of carbonyl (C=O) groups is 2. The van der Waals surface area contributed by atoms with Crippen LogP contribution in [-0.4, -0.2) is 47.9 Å². The molecule has 7 heteroatoms. The van der Waals surface area contributed by atoms with Gasteiger partial charge in [-0.05, 0) is 35.6 Å². The molecule has 2 aromatic rings. The number of hydrogen-bond acceptors (Lipinski definition) is 4. The highest BCUT2D eigenvalue weighted by Crippen LogP contribution is 2.34. The maximum Gasteiger partial charge on any atom is 0.242 e. The third kappa shape index (κ3) is 5.03. The molecule has 1 aliphatic heterocycles. The number of thiophene rings is 1. The first-order valence-corrected chi connectivity index (χ1v) is 10.5. The lowest BCUT2D eigenvalue weighted by Gasteiger charge is -2.37.